The summed E-state index contributed by atoms with van der Waals surface area (Å²) < 4.78 is 5.38. The Balaban J connectivity index is 2.52. The number of hydrogen-bond donors (Lipinski definition) is 1. The van der Waals surface area contributed by atoms with Gasteiger partial charge < -0.3 is 9.84 Å². The van der Waals surface area contributed by atoms with Crippen molar-refractivity contribution in [3.63, 3.8) is 0 Å². The Labute approximate surface area is 91.2 Å². The highest BCUT2D eigenvalue weighted by molar-refractivity contribution is 5.67. The van der Waals surface area contributed by atoms with Crippen LogP contribution >= 0.6 is 0 Å². The summed E-state index contributed by atoms with van der Waals surface area (Å²) in [5.74, 6) is -0.553. The highest BCUT2D eigenvalue weighted by Gasteiger charge is 2.31. The predicted molar refractivity (Wildman–Crippen MR) is 57.9 cm³/mol. The smallest absolute Gasteiger partial charge is 0.303 e. The minimum atomic E-state index is -0.722. The Kier molecular flexibility index (Phi) is 4.54. The van der Waals surface area contributed by atoms with Crippen LogP contribution in [0.4, 0.5) is 0 Å². The van der Waals surface area contributed by atoms with Crippen molar-refractivity contribution < 1.29 is 14.6 Å². The first kappa shape index (κ1) is 12.5. The quantitative estimate of drug-likeness (QED) is 0.765. The predicted octanol–water partition coefficient (Wildman–Crippen LogP) is 1.21. The van der Waals surface area contributed by atoms with Gasteiger partial charge in [0.2, 0.25) is 0 Å². The molecule has 88 valence electrons. The van der Waals surface area contributed by atoms with Crippen LogP contribution in [0.3, 0.4) is 0 Å². The summed E-state index contributed by atoms with van der Waals surface area (Å²) in [4.78, 5) is 13.0. The largest absolute Gasteiger partial charge is 0.481 e. The average Bonchev–Trinajstić information content (AvgIpc) is 2.17. The van der Waals surface area contributed by atoms with E-state index in [-0.39, 0.29) is 18.4 Å². The first-order valence-corrected chi connectivity index (χ1v) is 5.53. The number of hydrogen-bond acceptors (Lipinski definition) is 3. The van der Waals surface area contributed by atoms with Gasteiger partial charge in [0.25, 0.3) is 0 Å². The molecule has 1 rings (SSSR count). The molecule has 0 radical (unpaired) electrons. The maximum atomic E-state index is 10.7. The molecule has 1 aliphatic heterocycles. The van der Waals surface area contributed by atoms with Crippen molar-refractivity contribution in [2.45, 2.75) is 38.8 Å². The lowest BCUT2D eigenvalue weighted by molar-refractivity contribution is -0.140. The fourth-order valence-electron chi connectivity index (χ4n) is 2.18. The SMILES string of the molecule is COC1CN(C(C)C)CCC1CC(=O)O. The topological polar surface area (TPSA) is 49.8 Å². The van der Waals surface area contributed by atoms with Gasteiger partial charge in [-0.05, 0) is 32.7 Å². The van der Waals surface area contributed by atoms with Gasteiger partial charge in [0.15, 0.2) is 0 Å². The van der Waals surface area contributed by atoms with Crippen molar-refractivity contribution in [3.8, 4) is 0 Å². The summed E-state index contributed by atoms with van der Waals surface area (Å²) >= 11 is 0. The number of piperidine rings is 1. The second-order valence-electron chi connectivity index (χ2n) is 4.51. The van der Waals surface area contributed by atoms with Crippen molar-refractivity contribution in [2.24, 2.45) is 5.92 Å². The van der Waals surface area contributed by atoms with E-state index in [0.29, 0.717) is 6.04 Å². The molecule has 0 aliphatic carbocycles. The van der Waals surface area contributed by atoms with Gasteiger partial charge in [-0.25, -0.2) is 0 Å². The van der Waals surface area contributed by atoms with Crippen molar-refractivity contribution in [1.82, 2.24) is 4.90 Å². The minimum Gasteiger partial charge on any atom is -0.481 e. The van der Waals surface area contributed by atoms with E-state index in [1.54, 1.807) is 7.11 Å². The number of carboxylic acids is 1. The van der Waals surface area contributed by atoms with Gasteiger partial charge in [-0.1, -0.05) is 0 Å². The van der Waals surface area contributed by atoms with E-state index >= 15 is 0 Å². The summed E-state index contributed by atoms with van der Waals surface area (Å²) in [6.07, 6.45) is 1.21. The third-order valence-corrected chi connectivity index (χ3v) is 3.20. The van der Waals surface area contributed by atoms with Gasteiger partial charge >= 0.3 is 5.97 Å². The van der Waals surface area contributed by atoms with Crippen molar-refractivity contribution in [1.29, 1.82) is 0 Å². The molecule has 0 amide bonds. The van der Waals surface area contributed by atoms with Gasteiger partial charge in [-0.2, -0.15) is 0 Å². The number of ether oxygens (including phenoxy) is 1. The fourth-order valence-corrected chi connectivity index (χ4v) is 2.18. The third kappa shape index (κ3) is 3.47. The Morgan fingerprint density at radius 3 is 2.73 bits per heavy atom. The number of carbonyl (C=O) groups is 1. The van der Waals surface area contributed by atoms with E-state index < -0.39 is 5.97 Å². The van der Waals surface area contributed by atoms with E-state index in [1.807, 2.05) is 0 Å². The molecule has 1 N–H and O–H groups in total. The van der Waals surface area contributed by atoms with Crippen LogP contribution in [-0.2, 0) is 9.53 Å². The van der Waals surface area contributed by atoms with Crippen LogP contribution in [0.25, 0.3) is 0 Å². The van der Waals surface area contributed by atoms with E-state index in [1.165, 1.54) is 0 Å². The molecule has 2 atom stereocenters. The molecule has 1 fully saturated rings. The van der Waals surface area contributed by atoms with Crippen LogP contribution in [0, 0.1) is 5.92 Å². The zero-order valence-electron chi connectivity index (χ0n) is 9.77. The molecule has 0 aromatic heterocycles. The van der Waals surface area contributed by atoms with Crippen LogP contribution in [0.15, 0.2) is 0 Å². The molecule has 0 aromatic rings. The molecule has 15 heavy (non-hydrogen) atoms. The van der Waals surface area contributed by atoms with E-state index in [9.17, 15) is 4.79 Å². The van der Waals surface area contributed by atoms with Crippen molar-refractivity contribution in [2.75, 3.05) is 20.2 Å². The van der Waals surface area contributed by atoms with E-state index in [2.05, 4.69) is 18.7 Å². The Morgan fingerprint density at radius 2 is 2.27 bits per heavy atom. The number of nitrogens with zero attached hydrogens (tertiary/aromatic N) is 1. The molecule has 0 spiro atoms. The monoisotopic (exact) mass is 215 g/mol. The molecular formula is C11H21NO3. The number of carboxylic acid groups (broad SMARTS) is 1. The fraction of sp³-hybridized carbons (Fsp3) is 0.909. The van der Waals surface area contributed by atoms with E-state index in [0.717, 1.165) is 19.5 Å². The summed E-state index contributed by atoms with van der Waals surface area (Å²) in [7, 11) is 1.67. The molecule has 0 bridgehead atoms. The summed E-state index contributed by atoms with van der Waals surface area (Å²) in [5.41, 5.74) is 0. The zero-order chi connectivity index (χ0) is 11.4. The normalized spacial score (nSPS) is 28.3. The molecule has 0 saturated carbocycles. The molecule has 4 heteroatoms. The van der Waals surface area contributed by atoms with Gasteiger partial charge in [0.05, 0.1) is 12.5 Å². The van der Waals surface area contributed by atoms with Gasteiger partial charge in [0, 0.05) is 19.7 Å². The molecule has 1 saturated heterocycles. The maximum Gasteiger partial charge on any atom is 0.303 e. The molecule has 2 unspecified atom stereocenters. The minimum absolute atomic E-state index is 0.0669. The van der Waals surface area contributed by atoms with Gasteiger partial charge in [-0.15, -0.1) is 0 Å². The number of methoxy groups -OCH3 is 1. The van der Waals surface area contributed by atoms with Crippen LogP contribution in [0.5, 0.6) is 0 Å². The first-order valence-electron chi connectivity index (χ1n) is 5.53. The van der Waals surface area contributed by atoms with Gasteiger partial charge in [-0.3, -0.25) is 9.69 Å². The molecular weight excluding hydrogens is 194 g/mol. The third-order valence-electron chi connectivity index (χ3n) is 3.20. The molecule has 1 heterocycles. The number of rotatable bonds is 4. The average molecular weight is 215 g/mol. The van der Waals surface area contributed by atoms with E-state index in [4.69, 9.17) is 9.84 Å². The summed E-state index contributed by atoms with van der Waals surface area (Å²) in [5, 5.41) is 8.78. The maximum absolute atomic E-state index is 10.7. The highest BCUT2D eigenvalue weighted by atomic mass is 16.5. The molecule has 4 nitrogen and oxygen atoms in total. The number of likely N-dealkylation sites (tertiary alicyclic amines) is 1. The van der Waals surface area contributed by atoms with Crippen molar-refractivity contribution in [3.05, 3.63) is 0 Å². The van der Waals surface area contributed by atoms with Crippen LogP contribution in [0.2, 0.25) is 0 Å². The summed E-state index contributed by atoms with van der Waals surface area (Å²) in [6.45, 7) is 6.15. The lowest BCUT2D eigenvalue weighted by Crippen LogP contribution is -2.47. The standard InChI is InChI=1S/C11H21NO3/c1-8(2)12-5-4-9(6-11(13)14)10(7-12)15-3/h8-10H,4-7H2,1-3H3,(H,13,14). The second-order valence-corrected chi connectivity index (χ2v) is 4.51. The lowest BCUT2D eigenvalue weighted by atomic mass is 9.90. The highest BCUT2D eigenvalue weighted by Crippen LogP contribution is 2.24. The molecule has 1 aliphatic rings. The molecule has 0 aromatic carbocycles. The summed E-state index contributed by atoms with van der Waals surface area (Å²) in [6, 6.07) is 0.508. The second kappa shape index (κ2) is 5.47. The van der Waals surface area contributed by atoms with Gasteiger partial charge in [0.1, 0.15) is 0 Å². The van der Waals surface area contributed by atoms with Crippen molar-refractivity contribution >= 4 is 5.97 Å². The lowest BCUT2D eigenvalue weighted by Gasteiger charge is -2.39. The first-order chi connectivity index (χ1) is 7.04. The Morgan fingerprint density at radius 1 is 1.60 bits per heavy atom. The Bertz CT molecular complexity index is 218. The Hall–Kier alpha value is -0.610. The van der Waals surface area contributed by atoms with Crippen LogP contribution < -0.4 is 0 Å². The number of aliphatic carboxylic acids is 1. The zero-order valence-corrected chi connectivity index (χ0v) is 9.77. The van der Waals surface area contributed by atoms with Crippen LogP contribution in [0.1, 0.15) is 26.7 Å². The van der Waals surface area contributed by atoms with Crippen LogP contribution in [-0.4, -0.2) is 48.3 Å².